The van der Waals surface area contributed by atoms with Crippen molar-refractivity contribution in [1.29, 1.82) is 0 Å². The molecule has 0 spiro atoms. The Hall–Kier alpha value is -1.69. The average molecular weight is 293 g/mol. The molecule has 0 bridgehead atoms. The number of ether oxygens (including phenoxy) is 1. The largest absolute Gasteiger partial charge is 0.488 e. The molecule has 1 fully saturated rings. The van der Waals surface area contributed by atoms with Crippen LogP contribution in [0.5, 0.6) is 5.75 Å². The van der Waals surface area contributed by atoms with Gasteiger partial charge in [-0.15, -0.1) is 0 Å². The number of carboxylic acids is 1. The molecule has 1 aromatic heterocycles. The molecule has 0 amide bonds. The SMILES string of the molecule is CC(C)c1ncc(OCC2CCCCN2C)c(C(=O)O)n1. The van der Waals surface area contributed by atoms with Gasteiger partial charge in [0.2, 0.25) is 0 Å². The van der Waals surface area contributed by atoms with Crippen molar-refractivity contribution in [3.8, 4) is 5.75 Å². The second-order valence-electron chi connectivity index (χ2n) is 5.84. The molecule has 1 aliphatic rings. The number of rotatable bonds is 5. The zero-order valence-electron chi connectivity index (χ0n) is 12.9. The first kappa shape index (κ1) is 15.7. The van der Waals surface area contributed by atoms with E-state index in [1.54, 1.807) is 0 Å². The van der Waals surface area contributed by atoms with Crippen molar-refractivity contribution in [3.63, 3.8) is 0 Å². The van der Waals surface area contributed by atoms with E-state index in [9.17, 15) is 9.90 Å². The minimum Gasteiger partial charge on any atom is -0.488 e. The second kappa shape index (κ2) is 6.85. The van der Waals surface area contributed by atoms with E-state index in [2.05, 4.69) is 21.9 Å². The standard InChI is InChI=1S/C15H23N3O3/c1-10(2)14-16-8-12(13(17-14)15(19)20)21-9-11-6-4-5-7-18(11)3/h8,10-11H,4-7,9H2,1-3H3,(H,19,20). The third kappa shape index (κ3) is 3.91. The smallest absolute Gasteiger partial charge is 0.358 e. The molecule has 2 heterocycles. The summed E-state index contributed by atoms with van der Waals surface area (Å²) >= 11 is 0. The van der Waals surface area contributed by atoms with Crippen molar-refractivity contribution in [3.05, 3.63) is 17.7 Å². The average Bonchev–Trinajstić information content (AvgIpc) is 2.46. The summed E-state index contributed by atoms with van der Waals surface area (Å²) in [6, 6.07) is 0.324. The Balaban J connectivity index is 2.10. The summed E-state index contributed by atoms with van der Waals surface area (Å²) in [5, 5.41) is 9.28. The molecule has 1 aliphatic heterocycles. The van der Waals surface area contributed by atoms with Crippen molar-refractivity contribution in [1.82, 2.24) is 14.9 Å². The highest BCUT2D eigenvalue weighted by atomic mass is 16.5. The van der Waals surface area contributed by atoms with Crippen molar-refractivity contribution < 1.29 is 14.6 Å². The molecular weight excluding hydrogens is 270 g/mol. The summed E-state index contributed by atoms with van der Waals surface area (Å²) in [5.74, 6) is -0.215. The molecule has 0 radical (unpaired) electrons. The highest BCUT2D eigenvalue weighted by Gasteiger charge is 2.22. The molecule has 1 saturated heterocycles. The number of hydrogen-bond donors (Lipinski definition) is 1. The first-order chi connectivity index (χ1) is 9.99. The predicted molar refractivity (Wildman–Crippen MR) is 78.8 cm³/mol. The number of likely N-dealkylation sites (N-methyl/N-ethyl adjacent to an activating group) is 1. The lowest BCUT2D eigenvalue weighted by Gasteiger charge is -2.32. The summed E-state index contributed by atoms with van der Waals surface area (Å²) in [6.45, 7) is 5.39. The molecule has 1 unspecified atom stereocenters. The van der Waals surface area contributed by atoms with E-state index in [0.29, 0.717) is 18.5 Å². The monoisotopic (exact) mass is 293 g/mol. The van der Waals surface area contributed by atoms with E-state index in [-0.39, 0.29) is 17.4 Å². The van der Waals surface area contributed by atoms with Gasteiger partial charge >= 0.3 is 5.97 Å². The predicted octanol–water partition coefficient (Wildman–Crippen LogP) is 2.16. The molecule has 0 aromatic carbocycles. The van der Waals surface area contributed by atoms with Gasteiger partial charge in [0, 0.05) is 12.0 Å². The van der Waals surface area contributed by atoms with Gasteiger partial charge in [0.1, 0.15) is 12.4 Å². The van der Waals surface area contributed by atoms with Crippen LogP contribution in [0.3, 0.4) is 0 Å². The fourth-order valence-corrected chi connectivity index (χ4v) is 2.46. The normalized spacial score (nSPS) is 19.7. The minimum atomic E-state index is -1.08. The van der Waals surface area contributed by atoms with Crippen molar-refractivity contribution in [2.45, 2.75) is 45.1 Å². The Kier molecular flexibility index (Phi) is 5.12. The summed E-state index contributed by atoms with van der Waals surface area (Å²) in [7, 11) is 2.07. The number of nitrogens with zero attached hydrogens (tertiary/aromatic N) is 3. The van der Waals surface area contributed by atoms with Gasteiger partial charge in [-0.1, -0.05) is 20.3 Å². The van der Waals surface area contributed by atoms with Gasteiger partial charge in [0.05, 0.1) is 6.20 Å². The molecule has 6 nitrogen and oxygen atoms in total. The summed E-state index contributed by atoms with van der Waals surface area (Å²) in [4.78, 5) is 21.9. The Bertz CT molecular complexity index is 505. The third-order valence-electron chi connectivity index (χ3n) is 3.85. The highest BCUT2D eigenvalue weighted by molar-refractivity contribution is 5.88. The van der Waals surface area contributed by atoms with Crippen LogP contribution in [0.1, 0.15) is 55.3 Å². The van der Waals surface area contributed by atoms with Gasteiger partial charge in [-0.2, -0.15) is 0 Å². The van der Waals surface area contributed by atoms with E-state index in [4.69, 9.17) is 4.74 Å². The van der Waals surface area contributed by atoms with Gasteiger partial charge in [-0.25, -0.2) is 14.8 Å². The Morgan fingerprint density at radius 1 is 1.52 bits per heavy atom. The van der Waals surface area contributed by atoms with Gasteiger partial charge in [0.25, 0.3) is 0 Å². The lowest BCUT2D eigenvalue weighted by Crippen LogP contribution is -2.40. The van der Waals surface area contributed by atoms with E-state index in [1.165, 1.54) is 19.0 Å². The van der Waals surface area contributed by atoms with Crippen molar-refractivity contribution >= 4 is 5.97 Å². The van der Waals surface area contributed by atoms with E-state index in [0.717, 1.165) is 13.0 Å². The van der Waals surface area contributed by atoms with Gasteiger partial charge in [-0.05, 0) is 26.4 Å². The van der Waals surface area contributed by atoms with Gasteiger partial charge < -0.3 is 14.7 Å². The fraction of sp³-hybridized carbons (Fsp3) is 0.667. The number of aromatic carboxylic acids is 1. The first-order valence-corrected chi connectivity index (χ1v) is 7.42. The maximum atomic E-state index is 11.3. The van der Waals surface area contributed by atoms with E-state index >= 15 is 0 Å². The van der Waals surface area contributed by atoms with Crippen LogP contribution >= 0.6 is 0 Å². The number of aromatic nitrogens is 2. The molecule has 21 heavy (non-hydrogen) atoms. The lowest BCUT2D eigenvalue weighted by atomic mass is 10.0. The molecule has 116 valence electrons. The van der Waals surface area contributed by atoms with Crippen LogP contribution in [0.2, 0.25) is 0 Å². The third-order valence-corrected chi connectivity index (χ3v) is 3.85. The topological polar surface area (TPSA) is 75.5 Å². The maximum Gasteiger partial charge on any atom is 0.358 e. The summed E-state index contributed by atoms with van der Waals surface area (Å²) in [5.41, 5.74) is -0.0489. The highest BCUT2D eigenvalue weighted by Crippen LogP contribution is 2.21. The Morgan fingerprint density at radius 3 is 2.90 bits per heavy atom. The van der Waals surface area contributed by atoms with Crippen molar-refractivity contribution in [2.75, 3.05) is 20.2 Å². The van der Waals surface area contributed by atoms with Gasteiger partial charge in [-0.3, -0.25) is 0 Å². The molecule has 6 heteroatoms. The summed E-state index contributed by atoms with van der Waals surface area (Å²) < 4.78 is 5.70. The Morgan fingerprint density at radius 2 is 2.29 bits per heavy atom. The lowest BCUT2D eigenvalue weighted by molar-refractivity contribution is 0.0679. The number of hydrogen-bond acceptors (Lipinski definition) is 5. The van der Waals surface area contributed by atoms with E-state index in [1.807, 2.05) is 13.8 Å². The van der Waals surface area contributed by atoms with Crippen LogP contribution in [0.4, 0.5) is 0 Å². The summed E-state index contributed by atoms with van der Waals surface area (Å²) in [6.07, 6.45) is 4.95. The van der Waals surface area contributed by atoms with Crippen LogP contribution in [-0.4, -0.2) is 52.2 Å². The quantitative estimate of drug-likeness (QED) is 0.896. The molecule has 2 rings (SSSR count). The van der Waals surface area contributed by atoms with Crippen LogP contribution < -0.4 is 4.74 Å². The molecule has 1 N–H and O–H groups in total. The number of likely N-dealkylation sites (tertiary alicyclic amines) is 1. The Labute approximate surface area is 125 Å². The first-order valence-electron chi connectivity index (χ1n) is 7.42. The number of carboxylic acid groups (broad SMARTS) is 1. The van der Waals surface area contributed by atoms with Crippen LogP contribution in [0.25, 0.3) is 0 Å². The fourth-order valence-electron chi connectivity index (χ4n) is 2.46. The van der Waals surface area contributed by atoms with Crippen molar-refractivity contribution in [2.24, 2.45) is 0 Å². The van der Waals surface area contributed by atoms with E-state index < -0.39 is 5.97 Å². The minimum absolute atomic E-state index is 0.0489. The number of piperidine rings is 1. The van der Waals surface area contributed by atoms with Crippen LogP contribution in [0.15, 0.2) is 6.20 Å². The zero-order valence-corrected chi connectivity index (χ0v) is 12.9. The van der Waals surface area contributed by atoms with Crippen LogP contribution in [0, 0.1) is 0 Å². The molecule has 1 aromatic rings. The number of carbonyl (C=O) groups is 1. The van der Waals surface area contributed by atoms with Gasteiger partial charge in [0.15, 0.2) is 11.4 Å². The molecule has 0 aliphatic carbocycles. The molecule has 1 atom stereocenters. The van der Waals surface area contributed by atoms with Crippen LogP contribution in [-0.2, 0) is 0 Å². The maximum absolute atomic E-state index is 11.3. The second-order valence-corrected chi connectivity index (χ2v) is 5.84. The zero-order chi connectivity index (χ0) is 15.4. The molecule has 0 saturated carbocycles. The molecular formula is C15H23N3O3.